The summed E-state index contributed by atoms with van der Waals surface area (Å²) in [6, 6.07) is 18.6. The lowest BCUT2D eigenvalue weighted by molar-refractivity contribution is 1.08. The van der Waals surface area contributed by atoms with Crippen molar-refractivity contribution in [1.82, 2.24) is 4.57 Å². The van der Waals surface area contributed by atoms with E-state index in [-0.39, 0.29) is 0 Å². The van der Waals surface area contributed by atoms with Crippen molar-refractivity contribution < 1.29 is 0 Å². The molecule has 3 rings (SSSR count). The fourth-order valence-electron chi connectivity index (χ4n) is 2.11. The normalized spacial score (nSPS) is 11.1. The standard InChI is InChI=1S/C18H15IN2/c1-14-11-16(7-8-18(14)19)20-12-15-9-10-21(13-15)17-5-3-2-4-6-17/h2-13H,1H3. The number of aliphatic imine (C=N–C) groups is 1. The van der Waals surface area contributed by atoms with Gasteiger partial charge < -0.3 is 4.57 Å². The summed E-state index contributed by atoms with van der Waals surface area (Å²) in [4.78, 5) is 4.54. The van der Waals surface area contributed by atoms with E-state index in [0.717, 1.165) is 16.9 Å². The number of benzene rings is 2. The molecular weight excluding hydrogens is 371 g/mol. The van der Waals surface area contributed by atoms with Crippen LogP contribution in [0.3, 0.4) is 0 Å². The molecule has 0 bridgehead atoms. The van der Waals surface area contributed by atoms with Gasteiger partial charge in [-0.3, -0.25) is 4.99 Å². The molecule has 21 heavy (non-hydrogen) atoms. The summed E-state index contributed by atoms with van der Waals surface area (Å²) >= 11 is 2.34. The van der Waals surface area contributed by atoms with Crippen LogP contribution < -0.4 is 0 Å². The van der Waals surface area contributed by atoms with E-state index in [4.69, 9.17) is 0 Å². The Morgan fingerprint density at radius 2 is 1.86 bits per heavy atom. The van der Waals surface area contributed by atoms with E-state index in [9.17, 15) is 0 Å². The quantitative estimate of drug-likeness (QED) is 0.438. The Morgan fingerprint density at radius 1 is 1.05 bits per heavy atom. The molecule has 0 unspecified atom stereocenters. The highest BCUT2D eigenvalue weighted by Gasteiger charge is 1.98. The van der Waals surface area contributed by atoms with Crippen molar-refractivity contribution in [3.8, 4) is 5.69 Å². The first-order chi connectivity index (χ1) is 10.2. The van der Waals surface area contributed by atoms with Gasteiger partial charge in [-0.05, 0) is 71.5 Å². The second-order valence-electron chi connectivity index (χ2n) is 4.88. The van der Waals surface area contributed by atoms with Crippen LogP contribution in [-0.2, 0) is 0 Å². The SMILES string of the molecule is Cc1cc(N=Cc2ccn(-c3ccccc3)c2)ccc1I. The molecule has 1 heterocycles. The molecule has 0 aliphatic rings. The molecule has 0 aliphatic heterocycles. The number of rotatable bonds is 3. The van der Waals surface area contributed by atoms with E-state index in [1.165, 1.54) is 9.13 Å². The molecule has 0 atom stereocenters. The maximum Gasteiger partial charge on any atom is 0.0633 e. The molecule has 0 spiro atoms. The lowest BCUT2D eigenvalue weighted by Gasteiger charge is -2.00. The van der Waals surface area contributed by atoms with Crippen LogP contribution in [0, 0.1) is 10.5 Å². The molecule has 0 radical (unpaired) electrons. The first-order valence-electron chi connectivity index (χ1n) is 6.76. The predicted molar refractivity (Wildman–Crippen MR) is 96.9 cm³/mol. The fourth-order valence-corrected chi connectivity index (χ4v) is 2.44. The smallest absolute Gasteiger partial charge is 0.0633 e. The summed E-state index contributed by atoms with van der Waals surface area (Å²) in [6.07, 6.45) is 6.04. The molecule has 2 nitrogen and oxygen atoms in total. The van der Waals surface area contributed by atoms with Gasteiger partial charge in [0.2, 0.25) is 0 Å². The van der Waals surface area contributed by atoms with E-state index in [1.807, 2.05) is 30.5 Å². The van der Waals surface area contributed by atoms with Crippen molar-refractivity contribution in [2.75, 3.05) is 0 Å². The molecule has 0 saturated carbocycles. The van der Waals surface area contributed by atoms with E-state index in [2.05, 4.69) is 81.8 Å². The number of hydrogen-bond donors (Lipinski definition) is 0. The molecule has 0 aliphatic carbocycles. The zero-order valence-corrected chi connectivity index (χ0v) is 13.9. The van der Waals surface area contributed by atoms with Gasteiger partial charge in [0.1, 0.15) is 0 Å². The molecule has 2 aromatic carbocycles. The van der Waals surface area contributed by atoms with Crippen LogP contribution in [0.4, 0.5) is 5.69 Å². The Morgan fingerprint density at radius 3 is 2.62 bits per heavy atom. The number of hydrogen-bond acceptors (Lipinski definition) is 1. The Hall–Kier alpha value is -1.88. The first-order valence-corrected chi connectivity index (χ1v) is 7.84. The summed E-state index contributed by atoms with van der Waals surface area (Å²) in [5.74, 6) is 0. The third-order valence-electron chi connectivity index (χ3n) is 3.27. The van der Waals surface area contributed by atoms with Crippen LogP contribution in [0.1, 0.15) is 11.1 Å². The van der Waals surface area contributed by atoms with Crippen LogP contribution in [-0.4, -0.2) is 10.8 Å². The van der Waals surface area contributed by atoms with Crippen LogP contribution >= 0.6 is 22.6 Å². The van der Waals surface area contributed by atoms with Gasteiger partial charge in [0, 0.05) is 33.4 Å². The minimum absolute atomic E-state index is 0.986. The Bertz CT molecular complexity index is 773. The Labute approximate surface area is 138 Å². The minimum Gasteiger partial charge on any atom is -0.323 e. The number of halogens is 1. The van der Waals surface area contributed by atoms with Crippen LogP contribution in [0.15, 0.2) is 72.0 Å². The molecule has 0 N–H and O–H groups in total. The maximum atomic E-state index is 4.54. The lowest BCUT2D eigenvalue weighted by atomic mass is 10.2. The monoisotopic (exact) mass is 386 g/mol. The number of nitrogens with zero attached hydrogens (tertiary/aromatic N) is 2. The van der Waals surface area contributed by atoms with Crippen LogP contribution in [0.2, 0.25) is 0 Å². The van der Waals surface area contributed by atoms with Crippen molar-refractivity contribution in [2.24, 2.45) is 4.99 Å². The third kappa shape index (κ3) is 3.42. The highest BCUT2D eigenvalue weighted by Crippen LogP contribution is 2.19. The average molecular weight is 386 g/mol. The molecular formula is C18H15IN2. The van der Waals surface area contributed by atoms with Crippen molar-refractivity contribution >= 4 is 34.5 Å². The van der Waals surface area contributed by atoms with E-state index in [0.29, 0.717) is 0 Å². The largest absolute Gasteiger partial charge is 0.323 e. The lowest BCUT2D eigenvalue weighted by Crippen LogP contribution is -1.88. The van der Waals surface area contributed by atoms with Crippen molar-refractivity contribution in [3.63, 3.8) is 0 Å². The summed E-state index contributed by atoms with van der Waals surface area (Å²) in [7, 11) is 0. The minimum atomic E-state index is 0.986. The van der Waals surface area contributed by atoms with Gasteiger partial charge in [0.25, 0.3) is 0 Å². The second-order valence-corrected chi connectivity index (χ2v) is 6.04. The van der Waals surface area contributed by atoms with Gasteiger partial charge in [-0.2, -0.15) is 0 Å². The van der Waals surface area contributed by atoms with Gasteiger partial charge in [-0.15, -0.1) is 0 Å². The number of aryl methyl sites for hydroxylation is 1. The summed E-state index contributed by atoms with van der Waals surface area (Å²) in [5.41, 5.74) is 4.49. The molecule has 0 amide bonds. The Balaban J connectivity index is 1.81. The van der Waals surface area contributed by atoms with Gasteiger partial charge in [0.15, 0.2) is 0 Å². The van der Waals surface area contributed by atoms with E-state index >= 15 is 0 Å². The van der Waals surface area contributed by atoms with E-state index < -0.39 is 0 Å². The van der Waals surface area contributed by atoms with Gasteiger partial charge >= 0.3 is 0 Å². The topological polar surface area (TPSA) is 17.3 Å². The van der Waals surface area contributed by atoms with Gasteiger partial charge in [0.05, 0.1) is 5.69 Å². The molecule has 1 aromatic heterocycles. The van der Waals surface area contributed by atoms with Crippen LogP contribution in [0.5, 0.6) is 0 Å². The average Bonchev–Trinajstić information content (AvgIpc) is 2.98. The summed E-state index contributed by atoms with van der Waals surface area (Å²) in [6.45, 7) is 2.10. The molecule has 3 aromatic rings. The Kier molecular flexibility index (Phi) is 4.20. The third-order valence-corrected chi connectivity index (χ3v) is 4.48. The highest BCUT2D eigenvalue weighted by molar-refractivity contribution is 14.1. The highest BCUT2D eigenvalue weighted by atomic mass is 127. The van der Waals surface area contributed by atoms with Gasteiger partial charge in [-0.25, -0.2) is 0 Å². The molecule has 0 saturated heterocycles. The first kappa shape index (κ1) is 14.1. The fraction of sp³-hybridized carbons (Fsp3) is 0.0556. The maximum absolute atomic E-state index is 4.54. The van der Waals surface area contributed by atoms with Crippen molar-refractivity contribution in [3.05, 3.63) is 81.7 Å². The molecule has 3 heteroatoms. The molecule has 0 fully saturated rings. The predicted octanol–water partition coefficient (Wildman–Crippen LogP) is 5.14. The number of para-hydroxylation sites is 1. The zero-order chi connectivity index (χ0) is 14.7. The zero-order valence-electron chi connectivity index (χ0n) is 11.7. The second kappa shape index (κ2) is 6.26. The molecule has 104 valence electrons. The van der Waals surface area contributed by atoms with Crippen molar-refractivity contribution in [1.29, 1.82) is 0 Å². The summed E-state index contributed by atoms with van der Waals surface area (Å²) in [5, 5.41) is 0. The van der Waals surface area contributed by atoms with Gasteiger partial charge in [-0.1, -0.05) is 18.2 Å². The number of aromatic nitrogens is 1. The summed E-state index contributed by atoms with van der Waals surface area (Å²) < 4.78 is 3.36. The van der Waals surface area contributed by atoms with E-state index in [1.54, 1.807) is 0 Å². The van der Waals surface area contributed by atoms with Crippen LogP contribution in [0.25, 0.3) is 5.69 Å². The van der Waals surface area contributed by atoms with Crippen molar-refractivity contribution in [2.45, 2.75) is 6.92 Å².